The smallest absolute Gasteiger partial charge is 0.241 e. The topological polar surface area (TPSA) is 106 Å². The fourth-order valence-corrected chi connectivity index (χ4v) is 4.20. The minimum absolute atomic E-state index is 0.145. The summed E-state index contributed by atoms with van der Waals surface area (Å²) in [6.45, 7) is 6.00. The van der Waals surface area contributed by atoms with Gasteiger partial charge in [0, 0.05) is 6.04 Å². The molecule has 0 bridgehead atoms. The number of sulfonamides is 1. The van der Waals surface area contributed by atoms with Crippen molar-refractivity contribution in [1.29, 1.82) is 0 Å². The number of nitrogens with zero attached hydrogens (tertiary/aromatic N) is 3. The number of amides is 1. The lowest BCUT2D eigenvalue weighted by Crippen LogP contribution is -2.47. The number of rotatable bonds is 9. The van der Waals surface area contributed by atoms with E-state index in [4.69, 9.17) is 0 Å². The van der Waals surface area contributed by atoms with Crippen LogP contribution in [-0.4, -0.2) is 35.1 Å². The molecule has 0 aliphatic heterocycles. The minimum Gasteiger partial charge on any atom is -0.347 e. The number of carbonyl (C=O) groups excluding carboxylic acids is 1. The van der Waals surface area contributed by atoms with Gasteiger partial charge in [-0.3, -0.25) is 4.79 Å². The van der Waals surface area contributed by atoms with Crippen LogP contribution in [0.25, 0.3) is 0 Å². The van der Waals surface area contributed by atoms with E-state index in [-0.39, 0.29) is 23.3 Å². The molecule has 0 radical (unpaired) electrons. The molecule has 1 aliphatic rings. The number of carbonyl (C=O) groups is 1. The van der Waals surface area contributed by atoms with Crippen LogP contribution in [0.15, 0.2) is 35.5 Å². The van der Waals surface area contributed by atoms with Gasteiger partial charge in [0.1, 0.15) is 12.4 Å². The van der Waals surface area contributed by atoms with Gasteiger partial charge in [-0.1, -0.05) is 31.5 Å². The van der Waals surface area contributed by atoms with Gasteiger partial charge >= 0.3 is 0 Å². The lowest BCUT2D eigenvalue weighted by Gasteiger charge is -2.20. The molecule has 1 aliphatic carbocycles. The molecule has 0 spiro atoms. The molecule has 28 heavy (non-hydrogen) atoms. The first-order chi connectivity index (χ1) is 13.3. The van der Waals surface area contributed by atoms with Crippen molar-refractivity contribution >= 4 is 15.9 Å². The Hall–Kier alpha value is -2.26. The third kappa shape index (κ3) is 5.17. The van der Waals surface area contributed by atoms with Crippen molar-refractivity contribution in [3.05, 3.63) is 42.0 Å². The van der Waals surface area contributed by atoms with Crippen LogP contribution in [0.3, 0.4) is 0 Å². The number of aromatic nitrogens is 3. The van der Waals surface area contributed by atoms with Gasteiger partial charge in [-0.15, -0.1) is 10.2 Å². The van der Waals surface area contributed by atoms with E-state index in [0.717, 1.165) is 18.4 Å². The molecule has 2 N–H and O–H groups in total. The Bertz CT molecular complexity index is 917. The fraction of sp³-hybridized carbons (Fsp3) is 0.526. The second-order valence-electron chi connectivity index (χ2n) is 7.72. The zero-order valence-electron chi connectivity index (χ0n) is 16.4. The highest BCUT2D eigenvalue weighted by Gasteiger charge is 2.28. The molecule has 0 saturated heterocycles. The zero-order valence-corrected chi connectivity index (χ0v) is 17.2. The highest BCUT2D eigenvalue weighted by molar-refractivity contribution is 7.89. The zero-order chi connectivity index (χ0) is 20.3. The summed E-state index contributed by atoms with van der Waals surface area (Å²) in [6, 6.07) is 6.10. The van der Waals surface area contributed by atoms with Gasteiger partial charge in [0.2, 0.25) is 15.9 Å². The van der Waals surface area contributed by atoms with Gasteiger partial charge in [0.15, 0.2) is 5.82 Å². The molecule has 1 aromatic carbocycles. The summed E-state index contributed by atoms with van der Waals surface area (Å²) in [6.07, 6.45) is 4.24. The van der Waals surface area contributed by atoms with Crippen LogP contribution < -0.4 is 10.0 Å². The lowest BCUT2D eigenvalue weighted by molar-refractivity contribution is -0.123. The van der Waals surface area contributed by atoms with Gasteiger partial charge in [0.05, 0.1) is 11.4 Å². The van der Waals surface area contributed by atoms with Crippen LogP contribution in [0.1, 0.15) is 50.5 Å². The van der Waals surface area contributed by atoms with E-state index in [0.29, 0.717) is 18.3 Å². The van der Waals surface area contributed by atoms with Gasteiger partial charge in [-0.25, -0.2) is 8.42 Å². The monoisotopic (exact) mass is 405 g/mol. The number of hydrogen-bond acceptors (Lipinski definition) is 5. The van der Waals surface area contributed by atoms with Crippen LogP contribution in [0.5, 0.6) is 0 Å². The van der Waals surface area contributed by atoms with Gasteiger partial charge in [0.25, 0.3) is 0 Å². The summed E-state index contributed by atoms with van der Waals surface area (Å²) in [5.74, 6) is 0.460. The predicted octanol–water partition coefficient (Wildman–Crippen LogP) is 1.93. The third-order valence-corrected chi connectivity index (χ3v) is 6.15. The first kappa shape index (κ1) is 20.5. The predicted molar refractivity (Wildman–Crippen MR) is 105 cm³/mol. The van der Waals surface area contributed by atoms with E-state index in [1.165, 1.54) is 0 Å². The van der Waals surface area contributed by atoms with Crippen molar-refractivity contribution in [3.63, 3.8) is 0 Å². The molecule has 8 nitrogen and oxygen atoms in total. The van der Waals surface area contributed by atoms with Crippen molar-refractivity contribution in [2.24, 2.45) is 5.92 Å². The minimum atomic E-state index is -3.79. The lowest BCUT2D eigenvalue weighted by atomic mass is 10.0. The Labute approximate surface area is 165 Å². The highest BCUT2D eigenvalue weighted by atomic mass is 32.2. The number of benzene rings is 1. The maximum Gasteiger partial charge on any atom is 0.241 e. The molecule has 1 heterocycles. The van der Waals surface area contributed by atoms with E-state index in [2.05, 4.69) is 20.2 Å². The van der Waals surface area contributed by atoms with Gasteiger partial charge < -0.3 is 9.88 Å². The number of nitrogens with one attached hydrogen (secondary N) is 2. The van der Waals surface area contributed by atoms with Crippen molar-refractivity contribution < 1.29 is 13.2 Å². The van der Waals surface area contributed by atoms with E-state index >= 15 is 0 Å². The standard InChI is InChI=1S/C19H27N5O3S/c1-13(2)10-17(23-28(26,27)16-8-4-14(3)5-9-16)19(25)20-11-18-22-21-12-24(18)15-6-7-15/h4-5,8-9,12-13,15,17,23H,6-7,10-11H2,1-3H3,(H,20,25). The van der Waals surface area contributed by atoms with Crippen molar-refractivity contribution in [3.8, 4) is 0 Å². The summed E-state index contributed by atoms with van der Waals surface area (Å²) in [5, 5.41) is 10.8. The van der Waals surface area contributed by atoms with Crippen LogP contribution in [0.2, 0.25) is 0 Å². The maximum atomic E-state index is 12.7. The highest BCUT2D eigenvalue weighted by Crippen LogP contribution is 2.35. The Morgan fingerprint density at radius 3 is 2.54 bits per heavy atom. The normalized spacial score (nSPS) is 15.6. The molecule has 2 aromatic rings. The van der Waals surface area contributed by atoms with Crippen molar-refractivity contribution in [1.82, 2.24) is 24.8 Å². The molecular weight excluding hydrogens is 378 g/mol. The summed E-state index contributed by atoms with van der Waals surface area (Å²) < 4.78 is 29.9. The molecule has 3 rings (SSSR count). The van der Waals surface area contributed by atoms with E-state index in [1.54, 1.807) is 30.6 Å². The molecule has 1 unspecified atom stereocenters. The maximum absolute atomic E-state index is 12.7. The Morgan fingerprint density at radius 2 is 1.93 bits per heavy atom. The first-order valence-corrected chi connectivity index (χ1v) is 11.0. The fourth-order valence-electron chi connectivity index (χ4n) is 2.99. The van der Waals surface area contributed by atoms with E-state index < -0.39 is 16.1 Å². The quantitative estimate of drug-likeness (QED) is 0.663. The average molecular weight is 406 g/mol. The van der Waals surface area contributed by atoms with Gasteiger partial charge in [-0.05, 0) is 44.2 Å². The SMILES string of the molecule is Cc1ccc(S(=O)(=O)NC(CC(C)C)C(=O)NCc2nncn2C2CC2)cc1. The molecular formula is C19H27N5O3S. The first-order valence-electron chi connectivity index (χ1n) is 9.51. The summed E-state index contributed by atoms with van der Waals surface area (Å²) in [5.41, 5.74) is 0.968. The molecule has 1 atom stereocenters. The van der Waals surface area contributed by atoms with Crippen LogP contribution >= 0.6 is 0 Å². The van der Waals surface area contributed by atoms with Crippen molar-refractivity contribution in [2.75, 3.05) is 0 Å². The number of hydrogen-bond donors (Lipinski definition) is 2. The molecule has 1 aromatic heterocycles. The van der Waals surface area contributed by atoms with Crippen LogP contribution in [-0.2, 0) is 21.4 Å². The Morgan fingerprint density at radius 1 is 1.25 bits per heavy atom. The van der Waals surface area contributed by atoms with E-state index in [9.17, 15) is 13.2 Å². The van der Waals surface area contributed by atoms with Crippen LogP contribution in [0.4, 0.5) is 0 Å². The van der Waals surface area contributed by atoms with E-state index in [1.807, 2.05) is 25.3 Å². The summed E-state index contributed by atoms with van der Waals surface area (Å²) in [7, 11) is -3.79. The molecule has 1 amide bonds. The molecule has 152 valence electrons. The van der Waals surface area contributed by atoms with Crippen molar-refractivity contribution in [2.45, 2.75) is 63.6 Å². The molecule has 1 saturated carbocycles. The second kappa shape index (κ2) is 8.40. The average Bonchev–Trinajstić information content (AvgIpc) is 3.37. The largest absolute Gasteiger partial charge is 0.347 e. The second-order valence-corrected chi connectivity index (χ2v) is 9.43. The Kier molecular flexibility index (Phi) is 6.14. The van der Waals surface area contributed by atoms with Gasteiger partial charge in [-0.2, -0.15) is 4.72 Å². The Balaban J connectivity index is 1.69. The summed E-state index contributed by atoms with van der Waals surface area (Å²) >= 11 is 0. The third-order valence-electron chi connectivity index (χ3n) is 4.66. The molecule has 1 fully saturated rings. The number of aryl methyl sites for hydroxylation is 1. The van der Waals surface area contributed by atoms with Crippen LogP contribution in [0, 0.1) is 12.8 Å². The summed E-state index contributed by atoms with van der Waals surface area (Å²) in [4.78, 5) is 12.9. The molecule has 9 heteroatoms.